The van der Waals surface area contributed by atoms with Crippen LogP contribution in [0.5, 0.6) is 0 Å². The number of hydrogen-bond donors (Lipinski definition) is 2. The molecule has 0 unspecified atom stereocenters. The summed E-state index contributed by atoms with van der Waals surface area (Å²) in [5, 5.41) is 5.73. The molecule has 2 N–H and O–H groups in total. The number of nitrogens with one attached hydrogen (secondary N) is 2. The number of benzene rings is 2. The quantitative estimate of drug-likeness (QED) is 0.614. The van der Waals surface area contributed by atoms with Gasteiger partial charge in [0.05, 0.1) is 0 Å². The summed E-state index contributed by atoms with van der Waals surface area (Å²) in [7, 11) is 0. The van der Waals surface area contributed by atoms with Crippen molar-refractivity contribution in [1.82, 2.24) is 0 Å². The first-order chi connectivity index (χ1) is 12.2. The maximum atomic E-state index is 12.1. The molecule has 4 heteroatoms. The predicted molar refractivity (Wildman–Crippen MR) is 103 cm³/mol. The van der Waals surface area contributed by atoms with E-state index >= 15 is 0 Å². The van der Waals surface area contributed by atoms with E-state index in [-0.39, 0.29) is 11.8 Å². The summed E-state index contributed by atoms with van der Waals surface area (Å²) in [6.07, 6.45) is 6.22. The normalized spacial score (nSPS) is 10.3. The van der Waals surface area contributed by atoms with Crippen LogP contribution < -0.4 is 10.6 Å². The van der Waals surface area contributed by atoms with Gasteiger partial charge in [-0.05, 0) is 42.8 Å². The lowest BCUT2D eigenvalue weighted by atomic mass is 10.1. The van der Waals surface area contributed by atoms with Gasteiger partial charge in [-0.3, -0.25) is 9.59 Å². The Labute approximate surface area is 149 Å². The van der Waals surface area contributed by atoms with Crippen molar-refractivity contribution in [2.24, 2.45) is 0 Å². The maximum Gasteiger partial charge on any atom is 0.255 e. The van der Waals surface area contributed by atoms with Gasteiger partial charge in [0.25, 0.3) is 5.91 Å². The second-order valence-electron chi connectivity index (χ2n) is 6.11. The number of unbranched alkanes of at least 4 members (excludes halogenated alkanes) is 4. The molecule has 0 aliphatic rings. The van der Waals surface area contributed by atoms with E-state index in [0.717, 1.165) is 18.5 Å². The van der Waals surface area contributed by atoms with Crippen molar-refractivity contribution in [2.75, 3.05) is 10.6 Å². The van der Waals surface area contributed by atoms with Crippen LogP contribution in [0.4, 0.5) is 11.4 Å². The number of amides is 2. The van der Waals surface area contributed by atoms with Gasteiger partial charge in [0.2, 0.25) is 5.91 Å². The van der Waals surface area contributed by atoms with Crippen molar-refractivity contribution in [3.63, 3.8) is 0 Å². The molecular weight excluding hydrogens is 312 g/mol. The van der Waals surface area contributed by atoms with E-state index in [1.54, 1.807) is 36.4 Å². The molecule has 0 spiro atoms. The van der Waals surface area contributed by atoms with Crippen molar-refractivity contribution in [2.45, 2.75) is 45.4 Å². The number of carbonyl (C=O) groups is 2. The monoisotopic (exact) mass is 338 g/mol. The molecule has 0 saturated heterocycles. The van der Waals surface area contributed by atoms with Gasteiger partial charge in [-0.15, -0.1) is 0 Å². The Balaban J connectivity index is 1.77. The van der Waals surface area contributed by atoms with Crippen molar-refractivity contribution in [3.8, 4) is 0 Å². The summed E-state index contributed by atoms with van der Waals surface area (Å²) >= 11 is 0. The van der Waals surface area contributed by atoms with Gasteiger partial charge >= 0.3 is 0 Å². The first-order valence-corrected chi connectivity index (χ1v) is 8.95. The maximum absolute atomic E-state index is 12.1. The highest BCUT2D eigenvalue weighted by Gasteiger charge is 2.06. The van der Waals surface area contributed by atoms with Crippen LogP contribution in [0.1, 0.15) is 55.8 Å². The van der Waals surface area contributed by atoms with Crippen LogP contribution >= 0.6 is 0 Å². The van der Waals surface area contributed by atoms with E-state index in [4.69, 9.17) is 0 Å². The molecule has 0 atom stereocenters. The predicted octanol–water partition coefficient (Wildman–Crippen LogP) is 5.24. The minimum atomic E-state index is -0.149. The van der Waals surface area contributed by atoms with Gasteiger partial charge < -0.3 is 10.6 Å². The first kappa shape index (κ1) is 18.7. The van der Waals surface area contributed by atoms with Crippen LogP contribution in [-0.2, 0) is 4.79 Å². The van der Waals surface area contributed by atoms with Crippen LogP contribution in [0.15, 0.2) is 54.6 Å². The lowest BCUT2D eigenvalue weighted by Gasteiger charge is -2.08. The van der Waals surface area contributed by atoms with E-state index in [1.807, 2.05) is 18.2 Å². The Hall–Kier alpha value is -2.62. The molecule has 0 radical (unpaired) electrons. The Morgan fingerprint density at radius 3 is 2.00 bits per heavy atom. The van der Waals surface area contributed by atoms with E-state index in [2.05, 4.69) is 17.6 Å². The Morgan fingerprint density at radius 1 is 0.760 bits per heavy atom. The third-order valence-corrected chi connectivity index (χ3v) is 3.97. The molecule has 2 aromatic rings. The largest absolute Gasteiger partial charge is 0.326 e. The Kier molecular flexibility index (Phi) is 7.70. The molecule has 0 aliphatic carbocycles. The van der Waals surface area contributed by atoms with Gasteiger partial charge in [-0.1, -0.05) is 50.8 Å². The topological polar surface area (TPSA) is 58.2 Å². The fourth-order valence-corrected chi connectivity index (χ4v) is 2.54. The van der Waals surface area contributed by atoms with Crippen LogP contribution in [0.3, 0.4) is 0 Å². The third kappa shape index (κ3) is 6.79. The lowest BCUT2D eigenvalue weighted by molar-refractivity contribution is -0.116. The van der Waals surface area contributed by atoms with Crippen molar-refractivity contribution in [1.29, 1.82) is 0 Å². The van der Waals surface area contributed by atoms with E-state index < -0.39 is 0 Å². The van der Waals surface area contributed by atoms with Gasteiger partial charge in [0.15, 0.2) is 0 Å². The van der Waals surface area contributed by atoms with Crippen LogP contribution in [0.2, 0.25) is 0 Å². The van der Waals surface area contributed by atoms with Crippen LogP contribution in [-0.4, -0.2) is 11.8 Å². The van der Waals surface area contributed by atoms with Gasteiger partial charge in [0, 0.05) is 23.4 Å². The highest BCUT2D eigenvalue weighted by molar-refractivity contribution is 6.04. The second kappa shape index (κ2) is 10.3. The van der Waals surface area contributed by atoms with Crippen LogP contribution in [0, 0.1) is 0 Å². The summed E-state index contributed by atoms with van der Waals surface area (Å²) < 4.78 is 0. The summed E-state index contributed by atoms with van der Waals surface area (Å²) in [5.41, 5.74) is 2.06. The molecule has 0 saturated carbocycles. The number of anilines is 2. The first-order valence-electron chi connectivity index (χ1n) is 8.95. The Bertz CT molecular complexity index is 666. The molecule has 25 heavy (non-hydrogen) atoms. The lowest BCUT2D eigenvalue weighted by Crippen LogP contribution is -2.12. The van der Waals surface area contributed by atoms with E-state index in [0.29, 0.717) is 17.7 Å². The zero-order valence-corrected chi connectivity index (χ0v) is 14.8. The molecule has 0 fully saturated rings. The summed E-state index contributed by atoms with van der Waals surface area (Å²) in [6.45, 7) is 2.18. The van der Waals surface area contributed by atoms with Gasteiger partial charge in [0.1, 0.15) is 0 Å². The fraction of sp³-hybridized carbons (Fsp3) is 0.333. The number of hydrogen-bond acceptors (Lipinski definition) is 2. The third-order valence-electron chi connectivity index (χ3n) is 3.97. The average Bonchev–Trinajstić information content (AvgIpc) is 2.64. The van der Waals surface area contributed by atoms with E-state index in [1.165, 1.54) is 19.3 Å². The van der Waals surface area contributed by atoms with Crippen molar-refractivity contribution in [3.05, 3.63) is 60.2 Å². The SMILES string of the molecule is CCCCCCCC(=O)Nc1ccc(NC(=O)c2ccccc2)cc1. The molecule has 4 nitrogen and oxygen atoms in total. The zero-order valence-electron chi connectivity index (χ0n) is 14.8. The molecule has 2 rings (SSSR count). The minimum Gasteiger partial charge on any atom is -0.326 e. The summed E-state index contributed by atoms with van der Waals surface area (Å²) in [5.74, 6) is -0.109. The van der Waals surface area contributed by atoms with Crippen molar-refractivity contribution < 1.29 is 9.59 Å². The molecule has 2 amide bonds. The summed E-state index contributed by atoms with van der Waals surface area (Å²) in [4.78, 5) is 24.0. The number of rotatable bonds is 9. The van der Waals surface area contributed by atoms with Crippen LogP contribution in [0.25, 0.3) is 0 Å². The molecule has 2 aromatic carbocycles. The molecule has 132 valence electrons. The number of carbonyl (C=O) groups excluding carboxylic acids is 2. The molecule has 0 aromatic heterocycles. The second-order valence-corrected chi connectivity index (χ2v) is 6.11. The standard InChI is InChI=1S/C21H26N2O2/c1-2-3-4-5-9-12-20(24)22-18-13-15-19(16-14-18)23-21(25)17-10-7-6-8-11-17/h6-8,10-11,13-16H,2-5,9,12H2,1H3,(H,22,24)(H,23,25). The average molecular weight is 338 g/mol. The molecular formula is C21H26N2O2. The molecule has 0 bridgehead atoms. The van der Waals surface area contributed by atoms with Gasteiger partial charge in [-0.25, -0.2) is 0 Å². The highest BCUT2D eigenvalue weighted by Crippen LogP contribution is 2.15. The molecule has 0 aliphatic heterocycles. The fourth-order valence-electron chi connectivity index (χ4n) is 2.54. The van der Waals surface area contributed by atoms with Gasteiger partial charge in [-0.2, -0.15) is 0 Å². The molecule has 0 heterocycles. The Morgan fingerprint density at radius 2 is 1.36 bits per heavy atom. The summed E-state index contributed by atoms with van der Waals surface area (Å²) in [6, 6.07) is 16.2. The zero-order chi connectivity index (χ0) is 17.9. The highest BCUT2D eigenvalue weighted by atomic mass is 16.2. The smallest absolute Gasteiger partial charge is 0.255 e. The minimum absolute atomic E-state index is 0.0394. The van der Waals surface area contributed by atoms with Crippen molar-refractivity contribution >= 4 is 23.2 Å². The van der Waals surface area contributed by atoms with E-state index in [9.17, 15) is 9.59 Å².